The number of aromatic amines is 1. The van der Waals surface area contributed by atoms with Crippen molar-refractivity contribution in [3.05, 3.63) is 59.0 Å². The second kappa shape index (κ2) is 8.27. The molecule has 164 valence electrons. The molecule has 1 N–H and O–H groups in total. The number of aryl methyl sites for hydroxylation is 2. The van der Waals surface area contributed by atoms with E-state index in [2.05, 4.69) is 15.3 Å². The standard InChI is InChI=1S/C21H26N6O3S/c1-15-20(16(2)25(3)24-15)18-13-19(23-22-18)21(28)26-9-11-27(12-10-26)31(29,30)14-17-7-5-4-6-8-17/h4-8,13H,9-12,14H2,1-3H3,(H,22,23). The van der Waals surface area contributed by atoms with E-state index >= 15 is 0 Å². The van der Waals surface area contributed by atoms with Gasteiger partial charge in [-0.05, 0) is 25.5 Å². The van der Waals surface area contributed by atoms with Crippen LogP contribution < -0.4 is 0 Å². The normalized spacial score (nSPS) is 15.4. The molecule has 1 saturated heterocycles. The Morgan fingerprint density at radius 1 is 1.10 bits per heavy atom. The first-order valence-corrected chi connectivity index (χ1v) is 11.7. The molecule has 0 spiro atoms. The number of piperazine rings is 1. The monoisotopic (exact) mass is 442 g/mol. The van der Waals surface area contributed by atoms with Gasteiger partial charge in [-0.15, -0.1) is 0 Å². The lowest BCUT2D eigenvalue weighted by atomic mass is 10.1. The molecule has 3 heterocycles. The lowest BCUT2D eigenvalue weighted by Gasteiger charge is -2.33. The number of nitrogens with zero attached hydrogens (tertiary/aromatic N) is 5. The number of carbonyl (C=O) groups excluding carboxylic acids is 1. The van der Waals surface area contributed by atoms with Crippen LogP contribution in [0.1, 0.15) is 27.4 Å². The molecule has 0 unspecified atom stereocenters. The SMILES string of the molecule is Cc1nn(C)c(C)c1-c1cc(C(=O)N2CCN(S(=O)(=O)Cc3ccccc3)CC2)[nH]n1. The number of hydrogen-bond acceptors (Lipinski definition) is 5. The quantitative estimate of drug-likeness (QED) is 0.648. The molecule has 9 nitrogen and oxygen atoms in total. The summed E-state index contributed by atoms with van der Waals surface area (Å²) in [6.45, 7) is 5.11. The highest BCUT2D eigenvalue weighted by Crippen LogP contribution is 2.25. The van der Waals surface area contributed by atoms with Crippen LogP contribution in [0.4, 0.5) is 0 Å². The van der Waals surface area contributed by atoms with Crippen molar-refractivity contribution in [2.24, 2.45) is 7.05 Å². The lowest BCUT2D eigenvalue weighted by molar-refractivity contribution is 0.0692. The number of carbonyl (C=O) groups is 1. The highest BCUT2D eigenvalue weighted by atomic mass is 32.2. The minimum absolute atomic E-state index is 0.0322. The largest absolute Gasteiger partial charge is 0.335 e. The zero-order chi connectivity index (χ0) is 22.2. The number of aromatic nitrogens is 4. The van der Waals surface area contributed by atoms with Gasteiger partial charge in [-0.25, -0.2) is 8.42 Å². The maximum absolute atomic E-state index is 12.9. The third-order valence-electron chi connectivity index (χ3n) is 5.68. The van der Waals surface area contributed by atoms with Crippen molar-refractivity contribution in [1.82, 2.24) is 29.2 Å². The van der Waals surface area contributed by atoms with Gasteiger partial charge in [0.2, 0.25) is 10.0 Å². The van der Waals surface area contributed by atoms with E-state index in [9.17, 15) is 13.2 Å². The summed E-state index contributed by atoms with van der Waals surface area (Å²) in [5.74, 6) is -0.215. The van der Waals surface area contributed by atoms with Gasteiger partial charge in [0.1, 0.15) is 5.69 Å². The summed E-state index contributed by atoms with van der Waals surface area (Å²) in [7, 11) is -1.55. The Morgan fingerprint density at radius 2 is 1.77 bits per heavy atom. The van der Waals surface area contributed by atoms with Crippen LogP contribution in [0.3, 0.4) is 0 Å². The van der Waals surface area contributed by atoms with Gasteiger partial charge in [-0.3, -0.25) is 14.6 Å². The number of nitrogens with one attached hydrogen (secondary N) is 1. The summed E-state index contributed by atoms with van der Waals surface area (Å²) in [6, 6.07) is 10.9. The molecule has 1 aromatic carbocycles. The average molecular weight is 443 g/mol. The molecule has 2 aromatic heterocycles. The Hall–Kier alpha value is -2.98. The zero-order valence-electron chi connectivity index (χ0n) is 17.9. The predicted octanol–water partition coefficient (Wildman–Crippen LogP) is 1.71. The molecule has 0 saturated carbocycles. The minimum Gasteiger partial charge on any atom is -0.335 e. The molecule has 0 bridgehead atoms. The van der Waals surface area contributed by atoms with Crippen molar-refractivity contribution in [1.29, 1.82) is 0 Å². The minimum atomic E-state index is -3.42. The van der Waals surface area contributed by atoms with Crippen molar-refractivity contribution in [2.45, 2.75) is 19.6 Å². The van der Waals surface area contributed by atoms with Gasteiger partial charge < -0.3 is 4.90 Å². The third-order valence-corrected chi connectivity index (χ3v) is 7.53. The fraction of sp³-hybridized carbons (Fsp3) is 0.381. The Balaban J connectivity index is 1.41. The molecule has 1 fully saturated rings. The molecule has 0 atom stereocenters. The molecule has 3 aromatic rings. The van der Waals surface area contributed by atoms with Gasteiger partial charge in [0.25, 0.3) is 5.91 Å². The molecule has 0 aliphatic carbocycles. The second-order valence-electron chi connectivity index (χ2n) is 7.77. The Morgan fingerprint density at radius 3 is 2.39 bits per heavy atom. The molecular weight excluding hydrogens is 416 g/mol. The van der Waals surface area contributed by atoms with Crippen LogP contribution in [0.5, 0.6) is 0 Å². The van der Waals surface area contributed by atoms with E-state index in [-0.39, 0.29) is 24.7 Å². The van der Waals surface area contributed by atoms with E-state index in [0.717, 1.165) is 22.5 Å². The smallest absolute Gasteiger partial charge is 0.271 e. The molecule has 31 heavy (non-hydrogen) atoms. The fourth-order valence-corrected chi connectivity index (χ4v) is 5.44. The predicted molar refractivity (Wildman–Crippen MR) is 117 cm³/mol. The molecule has 10 heteroatoms. The van der Waals surface area contributed by atoms with Crippen molar-refractivity contribution in [3.63, 3.8) is 0 Å². The molecule has 0 radical (unpaired) electrons. The van der Waals surface area contributed by atoms with Crippen LogP contribution in [-0.4, -0.2) is 69.7 Å². The highest BCUT2D eigenvalue weighted by molar-refractivity contribution is 7.88. The average Bonchev–Trinajstić information content (AvgIpc) is 3.32. The maximum Gasteiger partial charge on any atom is 0.271 e. The number of benzene rings is 1. The number of H-pyrrole nitrogens is 1. The van der Waals surface area contributed by atoms with E-state index in [0.29, 0.717) is 24.5 Å². The van der Waals surface area contributed by atoms with Crippen LogP contribution in [0, 0.1) is 13.8 Å². The van der Waals surface area contributed by atoms with Gasteiger partial charge in [0.15, 0.2) is 0 Å². The van der Waals surface area contributed by atoms with Gasteiger partial charge >= 0.3 is 0 Å². The number of amides is 1. The highest BCUT2D eigenvalue weighted by Gasteiger charge is 2.30. The van der Waals surface area contributed by atoms with E-state index < -0.39 is 10.0 Å². The number of sulfonamides is 1. The fourth-order valence-electron chi connectivity index (χ4n) is 3.92. The van der Waals surface area contributed by atoms with Crippen LogP contribution in [0.15, 0.2) is 36.4 Å². The Bertz CT molecular complexity index is 1190. The Labute approximate surface area is 181 Å². The lowest BCUT2D eigenvalue weighted by Crippen LogP contribution is -2.50. The summed E-state index contributed by atoms with van der Waals surface area (Å²) >= 11 is 0. The van der Waals surface area contributed by atoms with Crippen molar-refractivity contribution < 1.29 is 13.2 Å². The van der Waals surface area contributed by atoms with Crippen molar-refractivity contribution >= 4 is 15.9 Å². The van der Waals surface area contributed by atoms with Crippen molar-refractivity contribution in [2.75, 3.05) is 26.2 Å². The summed E-state index contributed by atoms with van der Waals surface area (Å²) in [6.07, 6.45) is 0. The first-order valence-electron chi connectivity index (χ1n) is 10.1. The first kappa shape index (κ1) is 21.3. The summed E-state index contributed by atoms with van der Waals surface area (Å²) < 4.78 is 28.7. The van der Waals surface area contributed by atoms with E-state index in [1.807, 2.05) is 39.1 Å². The maximum atomic E-state index is 12.9. The third kappa shape index (κ3) is 4.26. The Kier molecular flexibility index (Phi) is 5.67. The van der Waals surface area contributed by atoms with Crippen molar-refractivity contribution in [3.8, 4) is 11.3 Å². The summed E-state index contributed by atoms with van der Waals surface area (Å²) in [5.41, 5.74) is 4.55. The van der Waals surface area contributed by atoms with E-state index in [1.54, 1.807) is 27.8 Å². The molecular formula is C21H26N6O3S. The first-order chi connectivity index (χ1) is 14.8. The number of hydrogen-bond donors (Lipinski definition) is 1. The molecule has 1 aliphatic heterocycles. The van der Waals surface area contributed by atoms with E-state index in [1.165, 1.54) is 4.31 Å². The van der Waals surface area contributed by atoms with Crippen LogP contribution in [0.2, 0.25) is 0 Å². The topological polar surface area (TPSA) is 104 Å². The molecule has 1 aliphatic rings. The van der Waals surface area contributed by atoms with E-state index in [4.69, 9.17) is 0 Å². The van der Waals surface area contributed by atoms with Gasteiger partial charge in [-0.1, -0.05) is 30.3 Å². The van der Waals surface area contributed by atoms with Crippen LogP contribution in [-0.2, 0) is 22.8 Å². The summed E-state index contributed by atoms with van der Waals surface area (Å²) in [5, 5.41) is 11.5. The van der Waals surface area contributed by atoms with Crippen LogP contribution >= 0.6 is 0 Å². The van der Waals surface area contributed by atoms with Gasteiger partial charge in [-0.2, -0.15) is 14.5 Å². The van der Waals surface area contributed by atoms with Gasteiger partial charge in [0.05, 0.1) is 17.1 Å². The van der Waals surface area contributed by atoms with Crippen LogP contribution in [0.25, 0.3) is 11.3 Å². The summed E-state index contributed by atoms with van der Waals surface area (Å²) in [4.78, 5) is 14.6. The second-order valence-corrected chi connectivity index (χ2v) is 9.74. The number of rotatable bonds is 5. The molecule has 1 amide bonds. The van der Waals surface area contributed by atoms with Gasteiger partial charge in [0, 0.05) is 44.5 Å². The molecule has 4 rings (SSSR count). The zero-order valence-corrected chi connectivity index (χ0v) is 18.7.